The number of halogens is 1. The van der Waals surface area contributed by atoms with Crippen molar-refractivity contribution in [3.8, 4) is 11.4 Å². The minimum Gasteiger partial charge on any atom is -0.478 e. The molecule has 1 saturated carbocycles. The second-order valence-corrected chi connectivity index (χ2v) is 9.99. The first kappa shape index (κ1) is 24.3. The molecule has 1 heterocycles. The molecule has 4 aromatic rings. The molecule has 0 unspecified atom stereocenters. The molecule has 3 aromatic carbocycles. The van der Waals surface area contributed by atoms with Gasteiger partial charge in [-0.15, -0.1) is 0 Å². The number of hydrogen-bond donors (Lipinski definition) is 3. The molecule has 0 saturated heterocycles. The lowest BCUT2D eigenvalue weighted by molar-refractivity contribution is 0.0697. The molecule has 1 aliphatic carbocycles. The molecule has 0 amide bonds. The summed E-state index contributed by atoms with van der Waals surface area (Å²) >= 11 is 6.28. The predicted octanol–water partition coefficient (Wildman–Crippen LogP) is 6.47. The monoisotopic (exact) mass is 502 g/mol. The molecule has 36 heavy (non-hydrogen) atoms. The number of nitrogens with two attached hydrogens (primary N) is 1. The number of carboxylic acid groups (broad SMARTS) is 1. The van der Waals surface area contributed by atoms with E-state index in [9.17, 15) is 9.90 Å². The third-order valence-corrected chi connectivity index (χ3v) is 7.42. The molecule has 4 N–H and O–H groups in total. The standard InChI is InChI=1S/C29H31ClN4O2/c30-25-17-23(31)12-10-20(25)14-15-32-18-19-6-8-21(9-7-19)28-33-26-16-22(29(35)36)11-13-27(26)34(28)24-4-2-1-3-5-24/h6-13,16-17,24,32H,1-5,14-15,18,31H2,(H,35,36). The smallest absolute Gasteiger partial charge is 0.335 e. The molecule has 7 heteroatoms. The fraction of sp³-hybridized carbons (Fsp3) is 0.310. The molecule has 1 aliphatic rings. The highest BCUT2D eigenvalue weighted by atomic mass is 35.5. The van der Waals surface area contributed by atoms with Gasteiger partial charge in [-0.2, -0.15) is 0 Å². The van der Waals surface area contributed by atoms with Crippen LogP contribution in [0.1, 0.15) is 59.6 Å². The van der Waals surface area contributed by atoms with Crippen molar-refractivity contribution < 1.29 is 9.90 Å². The Morgan fingerprint density at radius 3 is 2.56 bits per heavy atom. The number of fused-ring (bicyclic) bond motifs is 1. The first-order chi connectivity index (χ1) is 17.5. The lowest BCUT2D eigenvalue weighted by Gasteiger charge is -2.25. The molecule has 0 spiro atoms. The third-order valence-electron chi connectivity index (χ3n) is 7.07. The van der Waals surface area contributed by atoms with Gasteiger partial charge >= 0.3 is 5.97 Å². The van der Waals surface area contributed by atoms with Gasteiger partial charge in [0.05, 0.1) is 16.6 Å². The lowest BCUT2D eigenvalue weighted by atomic mass is 9.94. The van der Waals surface area contributed by atoms with Gasteiger partial charge in [0.25, 0.3) is 0 Å². The molecule has 5 rings (SSSR count). The van der Waals surface area contributed by atoms with Gasteiger partial charge in [0.2, 0.25) is 0 Å². The van der Waals surface area contributed by atoms with Crippen LogP contribution in [0.15, 0.2) is 60.7 Å². The summed E-state index contributed by atoms with van der Waals surface area (Å²) in [7, 11) is 0. The molecule has 6 nitrogen and oxygen atoms in total. The Morgan fingerprint density at radius 1 is 1.06 bits per heavy atom. The number of anilines is 1. The number of nitrogen functional groups attached to an aromatic ring is 1. The van der Waals surface area contributed by atoms with Gasteiger partial charge in [-0.05, 0) is 67.3 Å². The molecule has 0 aliphatic heterocycles. The second kappa shape index (κ2) is 10.7. The lowest BCUT2D eigenvalue weighted by Crippen LogP contribution is -2.17. The summed E-state index contributed by atoms with van der Waals surface area (Å²) < 4.78 is 2.34. The van der Waals surface area contributed by atoms with Crippen LogP contribution in [0.25, 0.3) is 22.4 Å². The molecule has 186 valence electrons. The van der Waals surface area contributed by atoms with Gasteiger partial charge in [-0.25, -0.2) is 9.78 Å². The van der Waals surface area contributed by atoms with E-state index >= 15 is 0 Å². The SMILES string of the molecule is Nc1ccc(CCNCc2ccc(-c3nc4cc(C(=O)O)ccc4n3C3CCCCC3)cc2)c(Cl)c1. The molecular weight excluding hydrogens is 472 g/mol. The number of carboxylic acids is 1. The summed E-state index contributed by atoms with van der Waals surface area (Å²) in [6, 6.07) is 19.8. The number of benzene rings is 3. The third kappa shape index (κ3) is 5.25. The Hall–Kier alpha value is -3.35. The highest BCUT2D eigenvalue weighted by Crippen LogP contribution is 2.36. The van der Waals surface area contributed by atoms with Crippen LogP contribution in [-0.2, 0) is 13.0 Å². The van der Waals surface area contributed by atoms with E-state index in [0.29, 0.717) is 16.8 Å². The van der Waals surface area contributed by atoms with E-state index in [1.807, 2.05) is 18.2 Å². The zero-order valence-corrected chi connectivity index (χ0v) is 21.0. The number of nitrogens with one attached hydrogen (secondary N) is 1. The topological polar surface area (TPSA) is 93.2 Å². The van der Waals surface area contributed by atoms with Crippen LogP contribution in [0.4, 0.5) is 5.69 Å². The summed E-state index contributed by atoms with van der Waals surface area (Å²) in [5.41, 5.74) is 11.8. The minimum absolute atomic E-state index is 0.268. The van der Waals surface area contributed by atoms with Crippen molar-refractivity contribution in [3.05, 3.63) is 82.4 Å². The Morgan fingerprint density at radius 2 is 1.83 bits per heavy atom. The van der Waals surface area contributed by atoms with Gasteiger partial charge < -0.3 is 20.7 Å². The maximum Gasteiger partial charge on any atom is 0.335 e. The van der Waals surface area contributed by atoms with E-state index in [4.69, 9.17) is 22.3 Å². The van der Waals surface area contributed by atoms with Crippen molar-refractivity contribution in [1.82, 2.24) is 14.9 Å². The van der Waals surface area contributed by atoms with E-state index in [2.05, 4.69) is 34.1 Å². The van der Waals surface area contributed by atoms with Gasteiger partial charge in [0.1, 0.15) is 5.82 Å². The number of nitrogens with zero attached hydrogens (tertiary/aromatic N) is 2. The highest BCUT2D eigenvalue weighted by molar-refractivity contribution is 6.31. The van der Waals surface area contributed by atoms with E-state index in [0.717, 1.165) is 60.3 Å². The summed E-state index contributed by atoms with van der Waals surface area (Å²) in [6.07, 6.45) is 6.78. The van der Waals surface area contributed by atoms with Crippen molar-refractivity contribution in [2.24, 2.45) is 0 Å². The van der Waals surface area contributed by atoms with Crippen LogP contribution in [0.2, 0.25) is 5.02 Å². The Balaban J connectivity index is 1.33. The normalized spacial score (nSPS) is 14.4. The zero-order chi connectivity index (χ0) is 25.1. The summed E-state index contributed by atoms with van der Waals surface area (Å²) in [4.78, 5) is 16.4. The number of aromatic nitrogens is 2. The van der Waals surface area contributed by atoms with Crippen LogP contribution < -0.4 is 11.1 Å². The fourth-order valence-corrected chi connectivity index (χ4v) is 5.42. The number of aromatic carboxylic acids is 1. The largest absolute Gasteiger partial charge is 0.478 e. The Labute approximate surface area is 216 Å². The molecule has 0 atom stereocenters. The van der Waals surface area contributed by atoms with Crippen LogP contribution >= 0.6 is 11.6 Å². The maximum absolute atomic E-state index is 11.5. The van der Waals surface area contributed by atoms with Crippen LogP contribution in [0, 0.1) is 0 Å². The number of rotatable bonds is 8. The first-order valence-corrected chi connectivity index (χ1v) is 13.0. The molecule has 1 aromatic heterocycles. The fourth-order valence-electron chi connectivity index (χ4n) is 5.14. The number of imidazole rings is 1. The average Bonchev–Trinajstić information content (AvgIpc) is 3.27. The van der Waals surface area contributed by atoms with Crippen molar-refractivity contribution in [2.75, 3.05) is 12.3 Å². The van der Waals surface area contributed by atoms with Crippen LogP contribution in [0.5, 0.6) is 0 Å². The van der Waals surface area contributed by atoms with Gasteiger partial charge in [-0.1, -0.05) is 61.2 Å². The number of hydrogen-bond acceptors (Lipinski definition) is 4. The highest BCUT2D eigenvalue weighted by Gasteiger charge is 2.23. The summed E-state index contributed by atoms with van der Waals surface area (Å²) in [6.45, 7) is 1.57. The zero-order valence-electron chi connectivity index (χ0n) is 20.2. The van der Waals surface area contributed by atoms with E-state index < -0.39 is 5.97 Å². The van der Waals surface area contributed by atoms with E-state index in [-0.39, 0.29) is 5.56 Å². The van der Waals surface area contributed by atoms with Crippen molar-refractivity contribution in [3.63, 3.8) is 0 Å². The van der Waals surface area contributed by atoms with Crippen molar-refractivity contribution >= 4 is 34.3 Å². The van der Waals surface area contributed by atoms with Crippen molar-refractivity contribution in [2.45, 2.75) is 51.1 Å². The van der Waals surface area contributed by atoms with Crippen LogP contribution in [0.3, 0.4) is 0 Å². The van der Waals surface area contributed by atoms with Gasteiger partial charge in [0, 0.05) is 28.9 Å². The molecule has 0 bridgehead atoms. The predicted molar refractivity (Wildman–Crippen MR) is 146 cm³/mol. The first-order valence-electron chi connectivity index (χ1n) is 12.6. The number of carbonyl (C=O) groups is 1. The molecule has 1 fully saturated rings. The van der Waals surface area contributed by atoms with E-state index in [1.165, 1.54) is 24.8 Å². The Bertz CT molecular complexity index is 1370. The van der Waals surface area contributed by atoms with E-state index in [1.54, 1.807) is 18.2 Å². The Kier molecular flexibility index (Phi) is 7.25. The average molecular weight is 503 g/mol. The maximum atomic E-state index is 11.5. The van der Waals surface area contributed by atoms with Crippen LogP contribution in [-0.4, -0.2) is 27.2 Å². The molecule has 0 radical (unpaired) electrons. The summed E-state index contributed by atoms with van der Waals surface area (Å²) in [5.74, 6) is -0.0156. The minimum atomic E-state index is -0.929. The van der Waals surface area contributed by atoms with Crippen molar-refractivity contribution in [1.29, 1.82) is 0 Å². The second-order valence-electron chi connectivity index (χ2n) is 9.58. The summed E-state index contributed by atoms with van der Waals surface area (Å²) in [5, 5.41) is 13.6. The van der Waals surface area contributed by atoms with Gasteiger partial charge in [0.15, 0.2) is 0 Å². The molecular formula is C29H31ClN4O2. The quantitative estimate of drug-likeness (QED) is 0.189. The van der Waals surface area contributed by atoms with Gasteiger partial charge in [-0.3, -0.25) is 0 Å².